The lowest BCUT2D eigenvalue weighted by atomic mass is 9.97. The highest BCUT2D eigenvalue weighted by Crippen LogP contribution is 2.27. The average Bonchev–Trinajstić information content (AvgIpc) is 2.77. The third-order valence-electron chi connectivity index (χ3n) is 5.35. The largest absolute Gasteiger partial charge is 0.530 e. The van der Waals surface area contributed by atoms with E-state index in [2.05, 4.69) is 9.44 Å². The van der Waals surface area contributed by atoms with Crippen LogP contribution in [0.2, 0.25) is 0 Å². The zero-order chi connectivity index (χ0) is 25.9. The molecule has 0 aliphatic heterocycles. The summed E-state index contributed by atoms with van der Waals surface area (Å²) in [5, 5.41) is 11.6. The van der Waals surface area contributed by atoms with E-state index in [1.807, 2.05) is 19.0 Å². The molecule has 3 aromatic rings. The molecule has 0 fully saturated rings. The van der Waals surface area contributed by atoms with Crippen molar-refractivity contribution in [3.63, 3.8) is 0 Å². The Kier molecular flexibility index (Phi) is 7.78. The average molecular weight is 506 g/mol. The van der Waals surface area contributed by atoms with Gasteiger partial charge in [-0.15, -0.1) is 0 Å². The molecule has 188 valence electrons. The number of benzene rings is 2. The highest BCUT2D eigenvalue weighted by molar-refractivity contribution is 7.90. The van der Waals surface area contributed by atoms with E-state index >= 15 is 4.39 Å². The number of carbonyl (C=O) groups is 1. The number of carbonyl (C=O) groups excluding carboxylic acids is 1. The number of fused-ring (bicyclic) bond motifs is 1. The zero-order valence-corrected chi connectivity index (χ0v) is 20.5. The summed E-state index contributed by atoms with van der Waals surface area (Å²) in [5.74, 6) is -0.803. The fourth-order valence-corrected chi connectivity index (χ4v) is 4.19. The third-order valence-corrected chi connectivity index (χ3v) is 6.38. The van der Waals surface area contributed by atoms with Gasteiger partial charge in [-0.05, 0) is 42.9 Å². The zero-order valence-electron chi connectivity index (χ0n) is 19.7. The molecule has 0 saturated heterocycles. The maximum Gasteiger partial charge on any atom is 0.340 e. The van der Waals surface area contributed by atoms with Gasteiger partial charge in [-0.25, -0.2) is 13.9 Å². The minimum atomic E-state index is -3.93. The van der Waals surface area contributed by atoms with Crippen molar-refractivity contribution in [2.75, 3.05) is 32.9 Å². The summed E-state index contributed by atoms with van der Waals surface area (Å²) in [6, 6.07) is 9.27. The van der Waals surface area contributed by atoms with E-state index in [-0.39, 0.29) is 35.4 Å². The van der Waals surface area contributed by atoms with Crippen molar-refractivity contribution in [1.82, 2.24) is 14.5 Å². The SMILES string of the molecule is CNS(=O)(=O)Nc1cccc(Cc2c(CN(C)C)c3ccc(CN(C)C(=O)[O-])cc3oc2=O)c1F. The van der Waals surface area contributed by atoms with Gasteiger partial charge in [0.25, 0.3) is 10.2 Å². The monoisotopic (exact) mass is 505 g/mol. The second kappa shape index (κ2) is 10.4. The van der Waals surface area contributed by atoms with Crippen LogP contribution < -0.4 is 20.2 Å². The van der Waals surface area contributed by atoms with Gasteiger partial charge < -0.3 is 24.1 Å². The number of anilines is 1. The van der Waals surface area contributed by atoms with Gasteiger partial charge in [-0.3, -0.25) is 4.72 Å². The summed E-state index contributed by atoms with van der Waals surface area (Å²) >= 11 is 0. The summed E-state index contributed by atoms with van der Waals surface area (Å²) in [6.07, 6.45) is -1.46. The van der Waals surface area contributed by atoms with Crippen LogP contribution in [0, 0.1) is 5.82 Å². The molecule has 0 spiro atoms. The molecule has 0 saturated carbocycles. The lowest BCUT2D eigenvalue weighted by molar-refractivity contribution is -0.264. The van der Waals surface area contributed by atoms with E-state index in [9.17, 15) is 23.1 Å². The summed E-state index contributed by atoms with van der Waals surface area (Å²) in [4.78, 5) is 26.9. The first-order chi connectivity index (χ1) is 16.4. The number of hydrogen-bond donors (Lipinski definition) is 2. The summed E-state index contributed by atoms with van der Waals surface area (Å²) in [5.41, 5.74) is 0.931. The lowest BCUT2D eigenvalue weighted by Crippen LogP contribution is -2.37. The quantitative estimate of drug-likeness (QED) is 0.418. The number of amides is 1. The van der Waals surface area contributed by atoms with E-state index in [1.54, 1.807) is 18.2 Å². The van der Waals surface area contributed by atoms with Crippen LogP contribution in [0.1, 0.15) is 22.3 Å². The molecule has 12 heteroatoms. The Hall–Kier alpha value is -3.48. The van der Waals surface area contributed by atoms with Crippen LogP contribution >= 0.6 is 0 Å². The van der Waals surface area contributed by atoms with E-state index < -0.39 is 27.7 Å². The first-order valence-electron chi connectivity index (χ1n) is 10.5. The van der Waals surface area contributed by atoms with E-state index in [1.165, 1.54) is 32.3 Å². The number of nitrogens with zero attached hydrogens (tertiary/aromatic N) is 2. The second-order valence-electron chi connectivity index (χ2n) is 8.30. The first kappa shape index (κ1) is 26.1. The molecule has 0 atom stereocenters. The number of halogens is 1. The Balaban J connectivity index is 2.09. The Labute approximate surface area is 202 Å². The number of rotatable bonds is 9. The first-order valence-corrected chi connectivity index (χ1v) is 12.0. The van der Waals surface area contributed by atoms with E-state index in [0.29, 0.717) is 23.1 Å². The highest BCUT2D eigenvalue weighted by atomic mass is 32.2. The molecule has 0 unspecified atom stereocenters. The standard InChI is InChI=1S/C23H27FN4O6S/c1-25-35(32,33)26-19-7-5-6-15(21(19)24)11-17-18(13-27(2)3)16-9-8-14(12-28(4)23(30)31)10-20(16)34-22(17)29/h5-10,25-26H,11-13H2,1-4H3,(H,30,31)/p-1. The fraction of sp³-hybridized carbons (Fsp3) is 0.304. The van der Waals surface area contributed by atoms with Crippen molar-refractivity contribution in [3.8, 4) is 0 Å². The van der Waals surface area contributed by atoms with Crippen LogP contribution in [-0.2, 0) is 29.7 Å². The highest BCUT2D eigenvalue weighted by Gasteiger charge is 2.20. The van der Waals surface area contributed by atoms with Gasteiger partial charge in [0.05, 0.1) is 5.69 Å². The molecular weight excluding hydrogens is 479 g/mol. The van der Waals surface area contributed by atoms with Gasteiger partial charge in [0.1, 0.15) is 11.7 Å². The second-order valence-corrected chi connectivity index (χ2v) is 9.92. The van der Waals surface area contributed by atoms with Crippen molar-refractivity contribution in [1.29, 1.82) is 0 Å². The van der Waals surface area contributed by atoms with Crippen molar-refractivity contribution < 1.29 is 27.1 Å². The van der Waals surface area contributed by atoms with E-state index in [4.69, 9.17) is 4.42 Å². The summed E-state index contributed by atoms with van der Waals surface area (Å²) in [7, 11) is 2.27. The molecule has 2 aromatic carbocycles. The topological polar surface area (TPSA) is 135 Å². The van der Waals surface area contributed by atoms with Crippen LogP contribution in [-0.4, -0.2) is 52.5 Å². The predicted octanol–water partition coefficient (Wildman–Crippen LogP) is 1.24. The van der Waals surface area contributed by atoms with Crippen LogP contribution in [0.25, 0.3) is 11.0 Å². The predicted molar refractivity (Wildman–Crippen MR) is 128 cm³/mol. The van der Waals surface area contributed by atoms with Gasteiger partial charge in [0.2, 0.25) is 0 Å². The molecule has 0 radical (unpaired) electrons. The Morgan fingerprint density at radius 1 is 1.11 bits per heavy atom. The van der Waals surface area contributed by atoms with Crippen LogP contribution in [0.5, 0.6) is 0 Å². The maximum atomic E-state index is 15.1. The molecule has 0 aliphatic carbocycles. The van der Waals surface area contributed by atoms with E-state index in [0.717, 1.165) is 4.90 Å². The molecule has 2 N–H and O–H groups in total. The van der Waals surface area contributed by atoms with Crippen molar-refractivity contribution in [2.24, 2.45) is 0 Å². The molecule has 3 rings (SSSR count). The number of hydrogen-bond acceptors (Lipinski definition) is 7. The van der Waals surface area contributed by atoms with Gasteiger partial charge >= 0.3 is 5.63 Å². The van der Waals surface area contributed by atoms with Gasteiger partial charge in [-0.2, -0.15) is 8.42 Å². The number of nitrogens with one attached hydrogen (secondary N) is 2. The lowest BCUT2D eigenvalue weighted by Gasteiger charge is -2.20. The fourth-order valence-electron chi connectivity index (χ4n) is 3.64. The summed E-state index contributed by atoms with van der Waals surface area (Å²) in [6.45, 7) is 0.400. The minimum absolute atomic E-state index is 0.0489. The third kappa shape index (κ3) is 6.15. The Bertz CT molecular complexity index is 1420. The smallest absolute Gasteiger partial charge is 0.340 e. The molecule has 1 aromatic heterocycles. The van der Waals surface area contributed by atoms with Gasteiger partial charge in [0, 0.05) is 44.6 Å². The normalized spacial score (nSPS) is 11.7. The molecule has 35 heavy (non-hydrogen) atoms. The number of carboxylic acid groups (broad SMARTS) is 1. The molecule has 0 bridgehead atoms. The van der Waals surface area contributed by atoms with Crippen LogP contribution in [0.4, 0.5) is 14.9 Å². The Morgan fingerprint density at radius 3 is 2.46 bits per heavy atom. The van der Waals surface area contributed by atoms with Crippen LogP contribution in [0.15, 0.2) is 45.6 Å². The van der Waals surface area contributed by atoms with Crippen LogP contribution in [0.3, 0.4) is 0 Å². The molecule has 1 amide bonds. The minimum Gasteiger partial charge on any atom is -0.530 e. The van der Waals surface area contributed by atoms with Gasteiger partial charge in [0.15, 0.2) is 5.82 Å². The molecule has 1 heterocycles. The van der Waals surface area contributed by atoms with Crippen molar-refractivity contribution in [2.45, 2.75) is 19.5 Å². The van der Waals surface area contributed by atoms with Crippen molar-refractivity contribution in [3.05, 3.63) is 74.9 Å². The summed E-state index contributed by atoms with van der Waals surface area (Å²) < 4.78 is 48.4. The molecule has 10 nitrogen and oxygen atoms in total. The molecule has 0 aliphatic rings. The maximum absolute atomic E-state index is 15.1. The Morgan fingerprint density at radius 2 is 1.83 bits per heavy atom. The van der Waals surface area contributed by atoms with Crippen molar-refractivity contribution >= 4 is 33.0 Å². The molecular formula is C23H26FN4O6S-. The van der Waals surface area contributed by atoms with Gasteiger partial charge in [-0.1, -0.05) is 24.3 Å².